The fourth-order valence-electron chi connectivity index (χ4n) is 4.04. The summed E-state index contributed by atoms with van der Waals surface area (Å²) in [5.74, 6) is -2.23. The minimum Gasteiger partial charge on any atom is -0.497 e. The van der Waals surface area contributed by atoms with Crippen molar-refractivity contribution in [2.24, 2.45) is 0 Å². The van der Waals surface area contributed by atoms with Gasteiger partial charge in [-0.3, -0.25) is 13.9 Å². The van der Waals surface area contributed by atoms with Crippen LogP contribution in [0.2, 0.25) is 0 Å². The van der Waals surface area contributed by atoms with Crippen LogP contribution in [0.3, 0.4) is 0 Å². The number of hydrogen-bond acceptors (Lipinski definition) is 5. The molecule has 1 unspecified atom stereocenters. The number of anilines is 1. The normalized spacial score (nSPS) is 12.1. The Bertz CT molecular complexity index is 1190. The van der Waals surface area contributed by atoms with Crippen LogP contribution in [0.1, 0.15) is 51.5 Å². The topological polar surface area (TPSA) is 96.0 Å². The Kier molecular flexibility index (Phi) is 12.0. The minimum atomic E-state index is -3.83. The number of hydrogen-bond donors (Lipinski definition) is 1. The van der Waals surface area contributed by atoms with Gasteiger partial charge in [-0.05, 0) is 49.1 Å². The summed E-state index contributed by atoms with van der Waals surface area (Å²) < 4.78 is 58.1. The van der Waals surface area contributed by atoms with Gasteiger partial charge in [-0.25, -0.2) is 17.2 Å². The number of methoxy groups -OCH3 is 1. The maximum atomic E-state index is 13.8. The summed E-state index contributed by atoms with van der Waals surface area (Å²) in [6, 6.07) is 9.31. The lowest BCUT2D eigenvalue weighted by Crippen LogP contribution is -2.49. The third kappa shape index (κ3) is 8.97. The van der Waals surface area contributed by atoms with Gasteiger partial charge in [0.1, 0.15) is 11.8 Å². The molecule has 1 atom stereocenters. The van der Waals surface area contributed by atoms with E-state index in [1.807, 2.05) is 19.9 Å². The van der Waals surface area contributed by atoms with E-state index in [4.69, 9.17) is 4.74 Å². The van der Waals surface area contributed by atoms with Crippen molar-refractivity contribution in [3.63, 3.8) is 0 Å². The Balaban J connectivity index is 2.23. The van der Waals surface area contributed by atoms with E-state index < -0.39 is 27.7 Å². The van der Waals surface area contributed by atoms with Gasteiger partial charge in [0.15, 0.2) is 11.6 Å². The monoisotopic (exact) mass is 553 g/mol. The third-order valence-corrected chi connectivity index (χ3v) is 7.24. The smallest absolute Gasteiger partial charge is 0.242 e. The van der Waals surface area contributed by atoms with Gasteiger partial charge in [-0.1, -0.05) is 32.4 Å². The minimum absolute atomic E-state index is 0.0335. The van der Waals surface area contributed by atoms with Gasteiger partial charge < -0.3 is 15.0 Å². The van der Waals surface area contributed by atoms with Crippen LogP contribution in [0, 0.1) is 11.6 Å². The van der Waals surface area contributed by atoms with Crippen LogP contribution in [-0.2, 0) is 26.2 Å². The highest BCUT2D eigenvalue weighted by atomic mass is 32.2. The Morgan fingerprint density at radius 3 is 2.39 bits per heavy atom. The van der Waals surface area contributed by atoms with Crippen LogP contribution >= 0.6 is 0 Å². The molecule has 2 rings (SSSR count). The number of halogens is 2. The molecule has 2 aromatic carbocycles. The number of nitrogens with one attached hydrogen (secondary N) is 1. The Morgan fingerprint density at radius 1 is 1.05 bits per heavy atom. The van der Waals surface area contributed by atoms with Gasteiger partial charge in [-0.2, -0.15) is 0 Å². The van der Waals surface area contributed by atoms with E-state index in [-0.39, 0.29) is 43.4 Å². The first-order valence-corrected chi connectivity index (χ1v) is 14.5. The van der Waals surface area contributed by atoms with Crippen molar-refractivity contribution >= 4 is 27.5 Å². The Hall–Kier alpha value is -3.21. The van der Waals surface area contributed by atoms with Gasteiger partial charge in [0.2, 0.25) is 21.8 Å². The molecule has 0 aliphatic carbocycles. The molecular formula is C27H37F2N3O5S. The van der Waals surface area contributed by atoms with E-state index in [1.165, 1.54) is 11.0 Å². The van der Waals surface area contributed by atoms with E-state index in [1.54, 1.807) is 25.3 Å². The molecule has 0 heterocycles. The van der Waals surface area contributed by atoms with Gasteiger partial charge in [-0.15, -0.1) is 0 Å². The Morgan fingerprint density at radius 2 is 1.79 bits per heavy atom. The lowest BCUT2D eigenvalue weighted by molar-refractivity contribution is -0.141. The Labute approximate surface area is 224 Å². The first kappa shape index (κ1) is 31.0. The number of carbonyl (C=O) groups excluding carboxylic acids is 2. The molecule has 0 fully saturated rings. The summed E-state index contributed by atoms with van der Waals surface area (Å²) in [5, 5.41) is 2.89. The number of benzene rings is 2. The van der Waals surface area contributed by atoms with Crippen LogP contribution < -0.4 is 14.4 Å². The second-order valence-electron chi connectivity index (χ2n) is 8.98. The van der Waals surface area contributed by atoms with Crippen molar-refractivity contribution in [1.82, 2.24) is 10.2 Å². The van der Waals surface area contributed by atoms with Crippen molar-refractivity contribution in [2.75, 3.05) is 30.8 Å². The highest BCUT2D eigenvalue weighted by molar-refractivity contribution is 7.92. The molecule has 0 radical (unpaired) electrons. The number of ether oxygens (including phenoxy) is 1. The molecule has 0 spiro atoms. The molecule has 0 saturated carbocycles. The summed E-state index contributed by atoms with van der Waals surface area (Å²) in [5.41, 5.74) is 0.742. The summed E-state index contributed by atoms with van der Waals surface area (Å²) in [4.78, 5) is 27.9. The van der Waals surface area contributed by atoms with Crippen molar-refractivity contribution < 1.29 is 31.5 Å². The SMILES string of the molecule is CCCCNC(=O)C(CC)N(Cc1cccc(OC)c1)C(=O)CCCN(c1ccc(F)c(F)c1)S(C)(=O)=O. The average Bonchev–Trinajstić information content (AvgIpc) is 2.87. The second kappa shape index (κ2) is 14.7. The molecule has 0 saturated heterocycles. The second-order valence-corrected chi connectivity index (χ2v) is 10.9. The predicted octanol–water partition coefficient (Wildman–Crippen LogP) is 4.24. The van der Waals surface area contributed by atoms with Crippen LogP contribution in [0.4, 0.5) is 14.5 Å². The molecule has 2 amide bonds. The third-order valence-electron chi connectivity index (χ3n) is 6.05. The van der Waals surface area contributed by atoms with Crippen molar-refractivity contribution in [2.45, 2.75) is 58.5 Å². The summed E-state index contributed by atoms with van der Waals surface area (Å²) in [7, 11) is -2.29. The highest BCUT2D eigenvalue weighted by Gasteiger charge is 2.29. The number of carbonyl (C=O) groups is 2. The fraction of sp³-hybridized carbons (Fsp3) is 0.481. The molecule has 0 aliphatic rings. The number of rotatable bonds is 15. The van der Waals surface area contributed by atoms with Crippen LogP contribution in [0.5, 0.6) is 5.75 Å². The van der Waals surface area contributed by atoms with Gasteiger partial charge in [0.05, 0.1) is 19.1 Å². The summed E-state index contributed by atoms with van der Waals surface area (Å²) in [6.07, 6.45) is 3.12. The number of nitrogens with zero attached hydrogens (tertiary/aromatic N) is 2. The van der Waals surface area contributed by atoms with Gasteiger partial charge >= 0.3 is 0 Å². The van der Waals surface area contributed by atoms with Crippen LogP contribution in [-0.4, -0.2) is 57.6 Å². The van der Waals surface area contributed by atoms with E-state index in [2.05, 4.69) is 5.32 Å². The molecule has 0 bridgehead atoms. The van der Waals surface area contributed by atoms with Crippen LogP contribution in [0.25, 0.3) is 0 Å². The lowest BCUT2D eigenvalue weighted by Gasteiger charge is -2.31. The molecule has 8 nitrogen and oxygen atoms in total. The van der Waals surface area contributed by atoms with Crippen molar-refractivity contribution in [1.29, 1.82) is 0 Å². The molecule has 38 heavy (non-hydrogen) atoms. The van der Waals surface area contributed by atoms with Gasteiger partial charge in [0.25, 0.3) is 0 Å². The largest absolute Gasteiger partial charge is 0.497 e. The maximum Gasteiger partial charge on any atom is 0.242 e. The van der Waals surface area contributed by atoms with Crippen molar-refractivity contribution in [3.8, 4) is 5.75 Å². The number of amides is 2. The highest BCUT2D eigenvalue weighted by Crippen LogP contribution is 2.22. The van der Waals surface area contributed by atoms with E-state index in [0.717, 1.165) is 41.1 Å². The molecule has 210 valence electrons. The van der Waals surface area contributed by atoms with E-state index in [9.17, 15) is 26.8 Å². The zero-order valence-electron chi connectivity index (χ0n) is 22.4. The molecular weight excluding hydrogens is 516 g/mol. The maximum absolute atomic E-state index is 13.8. The lowest BCUT2D eigenvalue weighted by atomic mass is 10.1. The number of sulfonamides is 1. The number of unbranched alkanes of at least 4 members (excludes halogenated alkanes) is 1. The molecule has 1 N–H and O–H groups in total. The van der Waals surface area contributed by atoms with Crippen LogP contribution in [0.15, 0.2) is 42.5 Å². The summed E-state index contributed by atoms with van der Waals surface area (Å²) in [6.45, 7) is 4.38. The summed E-state index contributed by atoms with van der Waals surface area (Å²) >= 11 is 0. The van der Waals surface area contributed by atoms with Crippen molar-refractivity contribution in [3.05, 3.63) is 59.7 Å². The zero-order chi connectivity index (χ0) is 28.3. The fourth-order valence-corrected chi connectivity index (χ4v) is 4.99. The van der Waals surface area contributed by atoms with E-state index in [0.29, 0.717) is 18.7 Å². The standard InChI is InChI=1S/C27H37F2N3O5S/c1-5-7-15-30-27(34)25(6-2)31(19-20-10-8-11-22(17-20)37-3)26(33)12-9-16-32(38(4,35)36)21-13-14-23(28)24(29)18-21/h8,10-11,13-14,17-18,25H,5-7,9,12,15-16,19H2,1-4H3,(H,30,34). The average molecular weight is 554 g/mol. The predicted molar refractivity (Wildman–Crippen MR) is 143 cm³/mol. The molecule has 2 aromatic rings. The van der Waals surface area contributed by atoms with Gasteiger partial charge in [0, 0.05) is 32.1 Å². The quantitative estimate of drug-likeness (QED) is 0.333. The first-order valence-electron chi connectivity index (χ1n) is 12.6. The first-order chi connectivity index (χ1) is 18.0. The van der Waals surface area contributed by atoms with E-state index >= 15 is 0 Å². The zero-order valence-corrected chi connectivity index (χ0v) is 23.2. The molecule has 11 heteroatoms. The molecule has 0 aliphatic heterocycles. The molecule has 0 aromatic heterocycles.